The molecule has 4 heteroatoms. The van der Waals surface area contributed by atoms with Gasteiger partial charge in [0.15, 0.2) is 0 Å². The largest absolute Gasteiger partial charge is 0.384 e. The molecule has 0 heterocycles. The third kappa shape index (κ3) is 1.70. The number of hydrogen-bond donors (Lipinski definition) is 1. The molecular formula is C10H8O3S. The lowest BCUT2D eigenvalue weighted by molar-refractivity contribution is 0.512. The summed E-state index contributed by atoms with van der Waals surface area (Å²) < 4.78 is 25.5. The third-order valence-corrected chi connectivity index (χ3v) is 2.27. The summed E-state index contributed by atoms with van der Waals surface area (Å²) in [7, 11) is -2.84. The Morgan fingerprint density at radius 1 is 0.929 bits per heavy atom. The van der Waals surface area contributed by atoms with Crippen molar-refractivity contribution in [3.63, 3.8) is 0 Å². The first-order valence-electron chi connectivity index (χ1n) is 4.07. The third-order valence-electron chi connectivity index (χ3n) is 1.92. The quantitative estimate of drug-likeness (QED) is 0.764. The Labute approximate surface area is 83.4 Å². The van der Waals surface area contributed by atoms with Crippen LogP contribution in [-0.2, 0) is 11.0 Å². The second kappa shape index (κ2) is 3.67. The Hall–Kier alpha value is -1.55. The van der Waals surface area contributed by atoms with Gasteiger partial charge in [0.25, 0.3) is 11.0 Å². The maximum absolute atomic E-state index is 10.4. The lowest BCUT2D eigenvalue weighted by Crippen LogP contribution is -1.88. The van der Waals surface area contributed by atoms with Crippen molar-refractivity contribution in [2.45, 2.75) is 0 Å². The minimum Gasteiger partial charge on any atom is -0.384 e. The minimum absolute atomic E-state index is 0.382. The van der Waals surface area contributed by atoms with E-state index in [4.69, 9.17) is 0 Å². The highest BCUT2D eigenvalue weighted by atomic mass is 32.2. The number of thiol groups is 1. The van der Waals surface area contributed by atoms with Gasteiger partial charge in [-0.25, -0.2) is 0 Å². The van der Waals surface area contributed by atoms with E-state index in [0.29, 0.717) is 5.75 Å². The Morgan fingerprint density at radius 3 is 2.50 bits per heavy atom. The van der Waals surface area contributed by atoms with Crippen LogP contribution in [0.1, 0.15) is 0 Å². The first-order chi connectivity index (χ1) is 6.77. The molecule has 0 aromatic rings. The molecule has 14 heavy (non-hydrogen) atoms. The SMILES string of the molecule is O=[SH](=O)Oc1ccc2cccccc1-2. The zero-order valence-electron chi connectivity index (χ0n) is 7.21. The van der Waals surface area contributed by atoms with Gasteiger partial charge in [-0.15, -0.1) is 0 Å². The van der Waals surface area contributed by atoms with E-state index in [2.05, 4.69) is 4.18 Å². The van der Waals surface area contributed by atoms with Crippen molar-refractivity contribution < 1.29 is 12.6 Å². The van der Waals surface area contributed by atoms with Crippen LogP contribution >= 0.6 is 0 Å². The van der Waals surface area contributed by atoms with Crippen LogP contribution in [0, 0.1) is 0 Å². The van der Waals surface area contributed by atoms with Crippen molar-refractivity contribution >= 4 is 11.0 Å². The zero-order chi connectivity index (χ0) is 9.97. The Kier molecular flexibility index (Phi) is 2.37. The van der Waals surface area contributed by atoms with Gasteiger partial charge in [0.1, 0.15) is 5.75 Å². The lowest BCUT2D eigenvalue weighted by Gasteiger charge is -1.96. The van der Waals surface area contributed by atoms with Gasteiger partial charge in [0.2, 0.25) is 0 Å². The van der Waals surface area contributed by atoms with Crippen LogP contribution in [0.2, 0.25) is 0 Å². The zero-order valence-corrected chi connectivity index (χ0v) is 8.11. The van der Waals surface area contributed by atoms with Crippen molar-refractivity contribution in [1.82, 2.24) is 0 Å². The topological polar surface area (TPSA) is 43.4 Å². The van der Waals surface area contributed by atoms with E-state index in [1.165, 1.54) is 0 Å². The van der Waals surface area contributed by atoms with Crippen LogP contribution in [0.4, 0.5) is 0 Å². The van der Waals surface area contributed by atoms with Gasteiger partial charge in [0.05, 0.1) is 0 Å². The Balaban J connectivity index is 2.52. The summed E-state index contributed by atoms with van der Waals surface area (Å²) in [5.41, 5.74) is 1.76. The highest BCUT2D eigenvalue weighted by molar-refractivity contribution is 7.67. The van der Waals surface area contributed by atoms with E-state index < -0.39 is 11.0 Å². The molecule has 2 rings (SSSR count). The van der Waals surface area contributed by atoms with Crippen LogP contribution in [-0.4, -0.2) is 8.42 Å². The molecule has 2 aliphatic rings. The monoisotopic (exact) mass is 208 g/mol. The molecule has 3 nitrogen and oxygen atoms in total. The van der Waals surface area contributed by atoms with E-state index in [1.807, 2.05) is 36.4 Å². The van der Waals surface area contributed by atoms with Gasteiger partial charge in [-0.2, -0.15) is 8.42 Å². The molecule has 0 atom stereocenters. The van der Waals surface area contributed by atoms with Crippen LogP contribution in [0.25, 0.3) is 11.1 Å². The molecule has 2 aliphatic carbocycles. The molecule has 0 unspecified atom stereocenters. The smallest absolute Gasteiger partial charge is 0.299 e. The molecule has 72 valence electrons. The molecule has 0 N–H and O–H groups in total. The predicted octanol–water partition coefficient (Wildman–Crippen LogP) is 1.70. The maximum Gasteiger partial charge on any atom is 0.299 e. The van der Waals surface area contributed by atoms with E-state index in [9.17, 15) is 8.42 Å². The van der Waals surface area contributed by atoms with Crippen LogP contribution in [0.15, 0.2) is 42.5 Å². The normalized spacial score (nSPS) is 10.6. The second-order valence-corrected chi connectivity index (χ2v) is 3.42. The van der Waals surface area contributed by atoms with Gasteiger partial charge in [-0.3, -0.25) is 0 Å². The van der Waals surface area contributed by atoms with E-state index in [1.54, 1.807) is 6.07 Å². The number of fused-ring (bicyclic) bond motifs is 1. The van der Waals surface area contributed by atoms with Gasteiger partial charge in [0, 0.05) is 5.56 Å². The molecular weight excluding hydrogens is 200 g/mol. The van der Waals surface area contributed by atoms with E-state index in [-0.39, 0.29) is 0 Å². The summed E-state index contributed by atoms with van der Waals surface area (Å²) >= 11 is 0. The number of rotatable bonds is 2. The summed E-state index contributed by atoms with van der Waals surface area (Å²) in [6.45, 7) is 0. The molecule has 0 saturated carbocycles. The fourth-order valence-corrected chi connectivity index (χ4v) is 1.67. The standard InChI is InChI=1S/C10H8O3S/c11-14(12)13-10-7-6-8-4-2-1-3-5-9(8)10/h1-7,14H. The average Bonchev–Trinajstić information content (AvgIpc) is 2.37. The molecule has 0 amide bonds. The fourth-order valence-electron chi connectivity index (χ4n) is 1.35. The van der Waals surface area contributed by atoms with Gasteiger partial charge >= 0.3 is 0 Å². The average molecular weight is 208 g/mol. The van der Waals surface area contributed by atoms with Gasteiger partial charge in [-0.1, -0.05) is 36.4 Å². The summed E-state index contributed by atoms with van der Waals surface area (Å²) in [5, 5.41) is 0. The fraction of sp³-hybridized carbons (Fsp3) is 0. The minimum atomic E-state index is -2.84. The molecule has 0 bridgehead atoms. The highest BCUT2D eigenvalue weighted by Gasteiger charge is 2.08. The molecule has 0 radical (unpaired) electrons. The summed E-state index contributed by atoms with van der Waals surface area (Å²) in [6, 6.07) is 12.8. The van der Waals surface area contributed by atoms with Crippen molar-refractivity contribution in [2.75, 3.05) is 0 Å². The van der Waals surface area contributed by atoms with Crippen molar-refractivity contribution in [3.8, 4) is 16.9 Å². The van der Waals surface area contributed by atoms with Crippen molar-refractivity contribution in [3.05, 3.63) is 42.5 Å². The molecule has 0 fully saturated rings. The van der Waals surface area contributed by atoms with Crippen molar-refractivity contribution in [2.24, 2.45) is 0 Å². The second-order valence-electron chi connectivity index (χ2n) is 2.79. The number of hydrogen-bond acceptors (Lipinski definition) is 3. The van der Waals surface area contributed by atoms with Crippen molar-refractivity contribution in [1.29, 1.82) is 0 Å². The molecule has 0 aromatic carbocycles. The summed E-state index contributed by atoms with van der Waals surface area (Å²) in [4.78, 5) is 0. The van der Waals surface area contributed by atoms with Gasteiger partial charge < -0.3 is 4.18 Å². The maximum atomic E-state index is 10.4. The molecule has 0 spiro atoms. The van der Waals surface area contributed by atoms with E-state index >= 15 is 0 Å². The van der Waals surface area contributed by atoms with Gasteiger partial charge in [-0.05, 0) is 11.6 Å². The van der Waals surface area contributed by atoms with Crippen LogP contribution in [0.5, 0.6) is 5.75 Å². The summed E-state index contributed by atoms with van der Waals surface area (Å²) in [6.07, 6.45) is 0. The summed E-state index contributed by atoms with van der Waals surface area (Å²) in [5.74, 6) is 0.382. The molecule has 0 aromatic heterocycles. The predicted molar refractivity (Wildman–Crippen MR) is 54.0 cm³/mol. The van der Waals surface area contributed by atoms with Crippen LogP contribution in [0.3, 0.4) is 0 Å². The van der Waals surface area contributed by atoms with E-state index in [0.717, 1.165) is 11.1 Å². The lowest BCUT2D eigenvalue weighted by atomic mass is 10.2. The Morgan fingerprint density at radius 2 is 1.71 bits per heavy atom. The highest BCUT2D eigenvalue weighted by Crippen LogP contribution is 2.32. The Bertz CT molecular complexity index is 483. The molecule has 0 saturated heterocycles. The first kappa shape index (κ1) is 9.02. The van der Waals surface area contributed by atoms with Crippen LogP contribution < -0.4 is 4.18 Å². The molecule has 0 aliphatic heterocycles. The first-order valence-corrected chi connectivity index (χ1v) is 5.17.